The van der Waals surface area contributed by atoms with Crippen molar-refractivity contribution in [2.24, 2.45) is 5.92 Å². The van der Waals surface area contributed by atoms with E-state index in [1.165, 1.54) is 23.3 Å². The van der Waals surface area contributed by atoms with Crippen LogP contribution in [0, 0.1) is 18.7 Å². The lowest BCUT2D eigenvalue weighted by Gasteiger charge is -2.31. The molecule has 142 valence electrons. The highest BCUT2D eigenvalue weighted by Crippen LogP contribution is 2.22. The minimum Gasteiger partial charge on any atom is -0.352 e. The molecule has 1 aliphatic heterocycles. The van der Waals surface area contributed by atoms with E-state index in [9.17, 15) is 9.18 Å². The van der Waals surface area contributed by atoms with Gasteiger partial charge in [0, 0.05) is 25.7 Å². The second-order valence-corrected chi connectivity index (χ2v) is 7.32. The van der Waals surface area contributed by atoms with Gasteiger partial charge in [-0.15, -0.1) is 0 Å². The number of nitrogens with zero attached hydrogens (tertiary/aromatic N) is 1. The molecule has 0 saturated heterocycles. The monoisotopic (exact) mass is 366 g/mol. The standard InChI is InChI=1S/C23H27FN2O/c1-17-6-5-7-20(14-17)16-26-13-4-3-8-22(18(26)2)23(27)25-15-19-9-11-21(24)12-10-19/h3-7,9-12,14,18,22H,8,13,15-16H2,1-2H3,(H,25,27)/t18-,22+/m1/s1. The van der Waals surface area contributed by atoms with Crippen molar-refractivity contribution >= 4 is 5.91 Å². The van der Waals surface area contributed by atoms with E-state index < -0.39 is 0 Å². The fraction of sp³-hybridized carbons (Fsp3) is 0.348. The lowest BCUT2D eigenvalue weighted by atomic mass is 9.95. The Morgan fingerprint density at radius 2 is 1.93 bits per heavy atom. The van der Waals surface area contributed by atoms with Crippen molar-refractivity contribution in [2.75, 3.05) is 6.54 Å². The number of nitrogens with one attached hydrogen (secondary N) is 1. The molecule has 0 aliphatic carbocycles. The molecule has 0 spiro atoms. The molecule has 3 nitrogen and oxygen atoms in total. The summed E-state index contributed by atoms with van der Waals surface area (Å²) in [6, 6.07) is 14.9. The fourth-order valence-electron chi connectivity index (χ4n) is 3.57. The second kappa shape index (κ2) is 8.96. The highest BCUT2D eigenvalue weighted by Gasteiger charge is 2.29. The van der Waals surface area contributed by atoms with Crippen molar-refractivity contribution in [1.29, 1.82) is 0 Å². The molecule has 0 bridgehead atoms. The van der Waals surface area contributed by atoms with Gasteiger partial charge < -0.3 is 5.32 Å². The Hall–Kier alpha value is -2.46. The van der Waals surface area contributed by atoms with E-state index in [0.29, 0.717) is 6.54 Å². The van der Waals surface area contributed by atoms with Crippen molar-refractivity contribution in [3.8, 4) is 0 Å². The van der Waals surface area contributed by atoms with Crippen LogP contribution in [0.1, 0.15) is 30.0 Å². The van der Waals surface area contributed by atoms with E-state index in [1.807, 2.05) is 0 Å². The molecule has 0 radical (unpaired) electrons. The van der Waals surface area contributed by atoms with Crippen LogP contribution in [-0.4, -0.2) is 23.4 Å². The lowest BCUT2D eigenvalue weighted by Crippen LogP contribution is -2.44. The Bertz CT molecular complexity index is 800. The summed E-state index contributed by atoms with van der Waals surface area (Å²) in [5, 5.41) is 3.02. The fourth-order valence-corrected chi connectivity index (χ4v) is 3.57. The van der Waals surface area contributed by atoms with Gasteiger partial charge in [0.25, 0.3) is 0 Å². The van der Waals surface area contributed by atoms with E-state index in [-0.39, 0.29) is 23.7 Å². The molecule has 0 aromatic heterocycles. The van der Waals surface area contributed by atoms with Gasteiger partial charge in [0.1, 0.15) is 5.82 Å². The van der Waals surface area contributed by atoms with Crippen LogP contribution < -0.4 is 5.32 Å². The van der Waals surface area contributed by atoms with E-state index >= 15 is 0 Å². The predicted molar refractivity (Wildman–Crippen MR) is 107 cm³/mol. The molecule has 0 fully saturated rings. The first kappa shape index (κ1) is 19.3. The molecule has 1 N–H and O–H groups in total. The average Bonchev–Trinajstić information content (AvgIpc) is 2.83. The Balaban J connectivity index is 1.64. The summed E-state index contributed by atoms with van der Waals surface area (Å²) in [6.45, 7) is 6.32. The predicted octanol–water partition coefficient (Wildman–Crippen LogP) is 4.22. The highest BCUT2D eigenvalue weighted by molar-refractivity contribution is 5.79. The topological polar surface area (TPSA) is 32.3 Å². The molecular formula is C23H27FN2O. The molecule has 0 saturated carbocycles. The molecule has 1 heterocycles. The zero-order valence-corrected chi connectivity index (χ0v) is 16.0. The van der Waals surface area contributed by atoms with Crippen molar-refractivity contribution in [3.63, 3.8) is 0 Å². The quantitative estimate of drug-likeness (QED) is 0.804. The van der Waals surface area contributed by atoms with Gasteiger partial charge in [0.05, 0.1) is 5.92 Å². The number of carbonyl (C=O) groups is 1. The molecular weight excluding hydrogens is 339 g/mol. The molecule has 1 amide bonds. The first-order chi connectivity index (χ1) is 13.0. The van der Waals surface area contributed by atoms with Crippen molar-refractivity contribution < 1.29 is 9.18 Å². The number of hydrogen-bond donors (Lipinski definition) is 1. The number of halogens is 1. The van der Waals surface area contributed by atoms with Gasteiger partial charge in [-0.3, -0.25) is 9.69 Å². The van der Waals surface area contributed by atoms with Gasteiger partial charge in [0.2, 0.25) is 5.91 Å². The molecule has 2 atom stereocenters. The Labute approximate surface area is 160 Å². The van der Waals surface area contributed by atoms with Crippen LogP contribution in [0.5, 0.6) is 0 Å². The third-order valence-electron chi connectivity index (χ3n) is 5.24. The van der Waals surface area contributed by atoms with Crippen LogP contribution in [0.2, 0.25) is 0 Å². The normalized spacial score (nSPS) is 20.3. The second-order valence-electron chi connectivity index (χ2n) is 7.32. The summed E-state index contributed by atoms with van der Waals surface area (Å²) in [5.74, 6) is -0.319. The molecule has 0 unspecified atom stereocenters. The third kappa shape index (κ3) is 5.27. The maximum Gasteiger partial charge on any atom is 0.225 e. The smallest absolute Gasteiger partial charge is 0.225 e. The van der Waals surface area contributed by atoms with Gasteiger partial charge in [-0.2, -0.15) is 0 Å². The molecule has 2 aromatic carbocycles. The van der Waals surface area contributed by atoms with Gasteiger partial charge in [-0.1, -0.05) is 54.1 Å². The first-order valence-electron chi connectivity index (χ1n) is 9.49. The van der Waals surface area contributed by atoms with Gasteiger partial charge in [-0.25, -0.2) is 4.39 Å². The summed E-state index contributed by atoms with van der Waals surface area (Å²) in [4.78, 5) is 15.2. The van der Waals surface area contributed by atoms with Crippen LogP contribution >= 0.6 is 0 Å². The van der Waals surface area contributed by atoms with Crippen LogP contribution in [0.3, 0.4) is 0 Å². The van der Waals surface area contributed by atoms with E-state index in [2.05, 4.69) is 60.5 Å². The number of rotatable bonds is 5. The number of aryl methyl sites for hydroxylation is 1. The van der Waals surface area contributed by atoms with Crippen LogP contribution in [0.4, 0.5) is 4.39 Å². The van der Waals surface area contributed by atoms with E-state index in [0.717, 1.165) is 25.1 Å². The zero-order valence-electron chi connectivity index (χ0n) is 16.0. The maximum absolute atomic E-state index is 13.0. The molecule has 1 aliphatic rings. The number of allylic oxidation sites excluding steroid dienone is 1. The van der Waals surface area contributed by atoms with Gasteiger partial charge in [-0.05, 0) is 43.5 Å². The average molecular weight is 366 g/mol. The summed E-state index contributed by atoms with van der Waals surface area (Å²) >= 11 is 0. The zero-order chi connectivity index (χ0) is 19.2. The van der Waals surface area contributed by atoms with Crippen molar-refractivity contribution in [1.82, 2.24) is 10.2 Å². The molecule has 4 heteroatoms. The minimum atomic E-state index is -0.264. The Kier molecular flexibility index (Phi) is 6.40. The number of benzene rings is 2. The maximum atomic E-state index is 13.0. The summed E-state index contributed by atoms with van der Waals surface area (Å²) in [7, 11) is 0. The van der Waals surface area contributed by atoms with Crippen LogP contribution in [0.25, 0.3) is 0 Å². The van der Waals surface area contributed by atoms with Gasteiger partial charge in [0.15, 0.2) is 0 Å². The number of carbonyl (C=O) groups excluding carboxylic acids is 1. The summed E-state index contributed by atoms with van der Waals surface area (Å²) < 4.78 is 13.0. The third-order valence-corrected chi connectivity index (χ3v) is 5.24. The molecule has 3 rings (SSSR count). The molecule has 27 heavy (non-hydrogen) atoms. The summed E-state index contributed by atoms with van der Waals surface area (Å²) in [6.07, 6.45) is 5.00. The SMILES string of the molecule is Cc1cccc(CN2CC=CC[C@H](C(=O)NCc3ccc(F)cc3)[C@H]2C)c1. The lowest BCUT2D eigenvalue weighted by molar-refractivity contribution is -0.127. The van der Waals surface area contributed by atoms with Crippen LogP contribution in [-0.2, 0) is 17.9 Å². The number of hydrogen-bond acceptors (Lipinski definition) is 2. The van der Waals surface area contributed by atoms with Gasteiger partial charge >= 0.3 is 0 Å². The Morgan fingerprint density at radius 3 is 2.67 bits per heavy atom. The minimum absolute atomic E-state index is 0.0487. The van der Waals surface area contributed by atoms with E-state index in [4.69, 9.17) is 0 Å². The van der Waals surface area contributed by atoms with E-state index in [1.54, 1.807) is 12.1 Å². The Morgan fingerprint density at radius 1 is 1.15 bits per heavy atom. The first-order valence-corrected chi connectivity index (χ1v) is 9.49. The molecule has 2 aromatic rings. The number of amides is 1. The largest absolute Gasteiger partial charge is 0.352 e. The van der Waals surface area contributed by atoms with Crippen LogP contribution in [0.15, 0.2) is 60.7 Å². The van der Waals surface area contributed by atoms with Crippen molar-refractivity contribution in [2.45, 2.75) is 39.4 Å². The summed E-state index contributed by atoms with van der Waals surface area (Å²) in [5.41, 5.74) is 3.42. The van der Waals surface area contributed by atoms with Crippen molar-refractivity contribution in [3.05, 3.63) is 83.2 Å². The highest BCUT2D eigenvalue weighted by atomic mass is 19.1.